The van der Waals surface area contributed by atoms with Gasteiger partial charge in [-0.1, -0.05) is 220 Å². The molecule has 0 saturated carbocycles. The first-order valence-electron chi connectivity index (χ1n) is 24.0. The van der Waals surface area contributed by atoms with Gasteiger partial charge in [-0.3, -0.25) is 0 Å². The number of fused-ring (bicyclic) bond motifs is 6. The van der Waals surface area contributed by atoms with E-state index in [0.717, 1.165) is 50.1 Å². The van der Waals surface area contributed by atoms with Gasteiger partial charge in [-0.15, -0.1) is 0 Å². The van der Waals surface area contributed by atoms with Gasteiger partial charge in [-0.25, -0.2) is 15.0 Å². The van der Waals surface area contributed by atoms with Crippen molar-refractivity contribution in [1.29, 1.82) is 0 Å². The SMILES string of the molecule is CC1(C)c2ccccc2-c2ccc(-c3ccccc3-c3ccc4c(c3)c3cccc(-c5cccc(-c6nc(-c7ccccc7)nc(-c7ccccc7)n6)c5)c3n4-c3cccc(-c4ccccc4)c3)cc21. The third-order valence-corrected chi connectivity index (χ3v) is 14.3. The van der Waals surface area contributed by atoms with Crippen molar-refractivity contribution in [1.82, 2.24) is 19.5 Å². The van der Waals surface area contributed by atoms with Crippen LogP contribution in [-0.4, -0.2) is 19.5 Å². The standard InChI is InChI=1S/C66H46N4/c1-66(2)59-34-15-14-31-55(59)56-37-35-49(42-60(56)66)53-30-13-12-29-52(53)48-36-38-61-58(41-48)57-33-18-32-54(62(57)70(61)51-28-17-25-46(40-51)43-19-6-3-7-20-43)47-26-16-27-50(39-47)65-68-63(44-21-8-4-9-22-44)67-64(69-65)45-23-10-5-11-24-45/h3-42H,1-2H3. The Balaban J connectivity index is 0.991. The second-order valence-corrected chi connectivity index (χ2v) is 18.8. The van der Waals surface area contributed by atoms with Gasteiger partial charge >= 0.3 is 0 Å². The highest BCUT2D eigenvalue weighted by Gasteiger charge is 2.35. The summed E-state index contributed by atoms with van der Waals surface area (Å²) in [6.07, 6.45) is 0. The van der Waals surface area contributed by atoms with E-state index in [1.165, 1.54) is 60.8 Å². The Morgan fingerprint density at radius 3 is 1.49 bits per heavy atom. The lowest BCUT2D eigenvalue weighted by molar-refractivity contribution is 0.660. The highest BCUT2D eigenvalue weighted by molar-refractivity contribution is 6.15. The van der Waals surface area contributed by atoms with Crippen molar-refractivity contribution in [2.75, 3.05) is 0 Å². The van der Waals surface area contributed by atoms with E-state index in [1.807, 2.05) is 60.7 Å². The molecular weight excluding hydrogens is 849 g/mol. The quantitative estimate of drug-likeness (QED) is 0.153. The van der Waals surface area contributed by atoms with E-state index < -0.39 is 0 Å². The third-order valence-electron chi connectivity index (χ3n) is 14.3. The van der Waals surface area contributed by atoms with Crippen LogP contribution < -0.4 is 0 Å². The van der Waals surface area contributed by atoms with Gasteiger partial charge in [0.15, 0.2) is 17.5 Å². The van der Waals surface area contributed by atoms with Gasteiger partial charge in [-0.05, 0) is 97.6 Å². The van der Waals surface area contributed by atoms with Crippen LogP contribution in [0.4, 0.5) is 0 Å². The van der Waals surface area contributed by atoms with Crippen molar-refractivity contribution in [2.24, 2.45) is 0 Å². The van der Waals surface area contributed by atoms with Crippen LogP contribution in [-0.2, 0) is 5.41 Å². The summed E-state index contributed by atoms with van der Waals surface area (Å²) in [6.45, 7) is 4.71. The lowest BCUT2D eigenvalue weighted by Gasteiger charge is -2.22. The van der Waals surface area contributed by atoms with E-state index in [0.29, 0.717) is 17.5 Å². The fourth-order valence-electron chi connectivity index (χ4n) is 10.8. The molecule has 0 unspecified atom stereocenters. The Labute approximate surface area is 407 Å². The molecule has 0 fully saturated rings. The van der Waals surface area contributed by atoms with Crippen LogP contribution >= 0.6 is 0 Å². The maximum atomic E-state index is 5.11. The average molecular weight is 895 g/mol. The predicted octanol–water partition coefficient (Wildman–Crippen LogP) is 16.9. The van der Waals surface area contributed by atoms with E-state index >= 15 is 0 Å². The first-order valence-corrected chi connectivity index (χ1v) is 24.0. The maximum absolute atomic E-state index is 5.11. The summed E-state index contributed by atoms with van der Waals surface area (Å²) in [5.74, 6) is 1.90. The molecule has 330 valence electrons. The Morgan fingerprint density at radius 1 is 0.300 bits per heavy atom. The van der Waals surface area contributed by atoms with Crippen LogP contribution in [0.2, 0.25) is 0 Å². The normalized spacial score (nSPS) is 12.5. The smallest absolute Gasteiger partial charge is 0.164 e. The molecule has 1 aliphatic carbocycles. The molecule has 0 N–H and O–H groups in total. The number of para-hydroxylation sites is 1. The Hall–Kier alpha value is -8.99. The summed E-state index contributed by atoms with van der Waals surface area (Å²) in [5.41, 5.74) is 20.9. The molecule has 0 radical (unpaired) electrons. The summed E-state index contributed by atoms with van der Waals surface area (Å²) in [7, 11) is 0. The topological polar surface area (TPSA) is 43.6 Å². The number of aromatic nitrogens is 4. The zero-order valence-electron chi connectivity index (χ0n) is 38.9. The fraction of sp³-hybridized carbons (Fsp3) is 0.0455. The maximum Gasteiger partial charge on any atom is 0.164 e. The van der Waals surface area contributed by atoms with Gasteiger partial charge < -0.3 is 4.57 Å². The van der Waals surface area contributed by atoms with Crippen LogP contribution in [0.15, 0.2) is 243 Å². The number of benzene rings is 10. The summed E-state index contributed by atoms with van der Waals surface area (Å²) >= 11 is 0. The van der Waals surface area contributed by atoms with Crippen molar-refractivity contribution >= 4 is 21.8 Å². The van der Waals surface area contributed by atoms with Crippen LogP contribution in [0.5, 0.6) is 0 Å². The molecule has 0 amide bonds. The molecule has 0 spiro atoms. The summed E-state index contributed by atoms with van der Waals surface area (Å²) in [4.78, 5) is 15.2. The first-order chi connectivity index (χ1) is 34.5. The molecule has 4 nitrogen and oxygen atoms in total. The van der Waals surface area contributed by atoms with E-state index in [2.05, 4.69) is 200 Å². The minimum Gasteiger partial charge on any atom is -0.309 e. The summed E-state index contributed by atoms with van der Waals surface area (Å²) in [6, 6.07) is 87.1. The molecule has 1 aliphatic rings. The number of hydrogen-bond acceptors (Lipinski definition) is 3. The molecule has 0 aliphatic heterocycles. The fourth-order valence-corrected chi connectivity index (χ4v) is 10.8. The highest BCUT2D eigenvalue weighted by Crippen LogP contribution is 2.50. The van der Waals surface area contributed by atoms with Crippen molar-refractivity contribution in [2.45, 2.75) is 19.3 Å². The van der Waals surface area contributed by atoms with E-state index in [-0.39, 0.29) is 5.41 Å². The number of nitrogens with zero attached hydrogens (tertiary/aromatic N) is 4. The summed E-state index contributed by atoms with van der Waals surface area (Å²) < 4.78 is 2.46. The minimum absolute atomic E-state index is 0.0891. The van der Waals surface area contributed by atoms with Crippen molar-refractivity contribution in [3.8, 4) is 95.5 Å². The van der Waals surface area contributed by atoms with E-state index in [9.17, 15) is 0 Å². The second kappa shape index (κ2) is 16.7. The van der Waals surface area contributed by atoms with Crippen molar-refractivity contribution < 1.29 is 0 Å². The predicted molar refractivity (Wildman–Crippen MR) is 290 cm³/mol. The van der Waals surface area contributed by atoms with Crippen LogP contribution in [0.3, 0.4) is 0 Å². The van der Waals surface area contributed by atoms with Gasteiger partial charge in [0.2, 0.25) is 0 Å². The number of rotatable bonds is 8. The minimum atomic E-state index is -0.0891. The molecule has 12 aromatic rings. The highest BCUT2D eigenvalue weighted by atomic mass is 15.0. The van der Waals surface area contributed by atoms with Crippen molar-refractivity contribution in [3.63, 3.8) is 0 Å². The molecule has 70 heavy (non-hydrogen) atoms. The van der Waals surface area contributed by atoms with Gasteiger partial charge in [0.1, 0.15) is 0 Å². The molecular formula is C66H46N4. The lowest BCUT2D eigenvalue weighted by atomic mass is 9.81. The molecule has 0 atom stereocenters. The molecule has 10 aromatic carbocycles. The monoisotopic (exact) mass is 894 g/mol. The van der Waals surface area contributed by atoms with Gasteiger partial charge in [0.05, 0.1) is 11.0 Å². The molecule has 2 heterocycles. The zero-order valence-corrected chi connectivity index (χ0v) is 38.9. The first kappa shape index (κ1) is 41.2. The second-order valence-electron chi connectivity index (χ2n) is 18.8. The zero-order chi connectivity index (χ0) is 46.8. The van der Waals surface area contributed by atoms with E-state index in [4.69, 9.17) is 15.0 Å². The van der Waals surface area contributed by atoms with Crippen molar-refractivity contribution in [3.05, 3.63) is 254 Å². The lowest BCUT2D eigenvalue weighted by Crippen LogP contribution is -2.14. The average Bonchev–Trinajstić information content (AvgIpc) is 3.89. The van der Waals surface area contributed by atoms with Crippen LogP contribution in [0.25, 0.3) is 117 Å². The van der Waals surface area contributed by atoms with Gasteiger partial charge in [0.25, 0.3) is 0 Å². The van der Waals surface area contributed by atoms with Gasteiger partial charge in [0, 0.05) is 44.1 Å². The van der Waals surface area contributed by atoms with Gasteiger partial charge in [-0.2, -0.15) is 0 Å². The Bertz CT molecular complexity index is 3910. The molecule has 0 saturated heterocycles. The van der Waals surface area contributed by atoms with Crippen LogP contribution in [0, 0.1) is 0 Å². The molecule has 13 rings (SSSR count). The Morgan fingerprint density at radius 2 is 0.786 bits per heavy atom. The van der Waals surface area contributed by atoms with Crippen LogP contribution in [0.1, 0.15) is 25.0 Å². The molecule has 2 aromatic heterocycles. The largest absolute Gasteiger partial charge is 0.309 e. The third kappa shape index (κ3) is 6.95. The van der Waals surface area contributed by atoms with E-state index in [1.54, 1.807) is 0 Å². The molecule has 4 heteroatoms. The Kier molecular flexibility index (Phi) is 9.81. The summed E-state index contributed by atoms with van der Waals surface area (Å²) in [5, 5.41) is 2.37. The number of hydrogen-bond donors (Lipinski definition) is 0. The molecule has 0 bridgehead atoms.